The van der Waals surface area contributed by atoms with Crippen LogP contribution in [0.3, 0.4) is 0 Å². The highest BCUT2D eigenvalue weighted by Gasteiger charge is 2.30. The van der Waals surface area contributed by atoms with Gasteiger partial charge in [-0.05, 0) is 31.6 Å². The van der Waals surface area contributed by atoms with E-state index in [0.717, 1.165) is 96.3 Å². The molecule has 0 aliphatic carbocycles. The number of ether oxygens (including phenoxy) is 4. The Bertz CT molecular complexity index is 1500. The molecular formula is C57H110O17P2. The molecule has 0 heterocycles. The first kappa shape index (κ1) is 74.1. The van der Waals surface area contributed by atoms with Crippen LogP contribution in [-0.2, 0) is 65.4 Å². The lowest BCUT2D eigenvalue weighted by Crippen LogP contribution is -2.30. The molecule has 0 aliphatic heterocycles. The van der Waals surface area contributed by atoms with Crippen LogP contribution in [-0.4, -0.2) is 96.7 Å². The Kier molecular flexibility index (Phi) is 49.9. The fourth-order valence-electron chi connectivity index (χ4n) is 8.34. The van der Waals surface area contributed by atoms with Crippen LogP contribution in [0.15, 0.2) is 0 Å². The fourth-order valence-corrected chi connectivity index (χ4v) is 9.92. The molecule has 17 nitrogen and oxygen atoms in total. The van der Waals surface area contributed by atoms with Crippen LogP contribution in [0, 0.1) is 5.92 Å². The summed E-state index contributed by atoms with van der Waals surface area (Å²) in [6.45, 7) is 6.95. The predicted octanol–water partition coefficient (Wildman–Crippen LogP) is 15.1. The molecule has 0 aliphatic rings. The van der Waals surface area contributed by atoms with Gasteiger partial charge in [0.15, 0.2) is 12.2 Å². The molecule has 0 radical (unpaired) electrons. The highest BCUT2D eigenvalue weighted by Crippen LogP contribution is 2.45. The van der Waals surface area contributed by atoms with Gasteiger partial charge in [0.05, 0.1) is 26.4 Å². The molecule has 19 heteroatoms. The third kappa shape index (κ3) is 51.5. The van der Waals surface area contributed by atoms with E-state index < -0.39 is 97.5 Å². The van der Waals surface area contributed by atoms with E-state index in [0.29, 0.717) is 31.6 Å². The molecule has 76 heavy (non-hydrogen) atoms. The number of aliphatic hydroxyl groups excluding tert-OH is 1. The van der Waals surface area contributed by atoms with Crippen LogP contribution in [0.1, 0.15) is 279 Å². The molecule has 5 atom stereocenters. The van der Waals surface area contributed by atoms with Gasteiger partial charge in [0, 0.05) is 25.7 Å². The molecular weight excluding hydrogens is 1020 g/mol. The van der Waals surface area contributed by atoms with E-state index in [-0.39, 0.29) is 25.7 Å². The molecule has 0 bridgehead atoms. The van der Waals surface area contributed by atoms with Gasteiger partial charge in [0.25, 0.3) is 0 Å². The van der Waals surface area contributed by atoms with Crippen molar-refractivity contribution in [1.29, 1.82) is 0 Å². The Morgan fingerprint density at radius 1 is 0.355 bits per heavy atom. The maximum atomic E-state index is 12.9. The van der Waals surface area contributed by atoms with Gasteiger partial charge >= 0.3 is 39.5 Å². The third-order valence-corrected chi connectivity index (χ3v) is 14.9. The quantitative estimate of drug-likeness (QED) is 0.0222. The number of phosphoric acid groups is 2. The zero-order chi connectivity index (χ0) is 56.4. The van der Waals surface area contributed by atoms with Crippen LogP contribution < -0.4 is 0 Å². The molecule has 0 amide bonds. The Hall–Kier alpha value is -1.94. The number of rotatable bonds is 57. The van der Waals surface area contributed by atoms with Crippen molar-refractivity contribution in [3.05, 3.63) is 0 Å². The zero-order valence-electron chi connectivity index (χ0n) is 48.4. The highest BCUT2D eigenvalue weighted by atomic mass is 31.2. The normalized spacial score (nSPS) is 14.4. The van der Waals surface area contributed by atoms with Gasteiger partial charge < -0.3 is 33.8 Å². The van der Waals surface area contributed by atoms with Gasteiger partial charge in [0.1, 0.15) is 19.3 Å². The number of aliphatic hydroxyl groups is 1. The van der Waals surface area contributed by atoms with Gasteiger partial charge in [-0.3, -0.25) is 37.3 Å². The third-order valence-electron chi connectivity index (χ3n) is 13.0. The maximum Gasteiger partial charge on any atom is 0.472 e. The van der Waals surface area contributed by atoms with Crippen molar-refractivity contribution in [1.82, 2.24) is 0 Å². The van der Waals surface area contributed by atoms with Crippen LogP contribution in [0.4, 0.5) is 0 Å². The summed E-state index contributed by atoms with van der Waals surface area (Å²) < 4.78 is 67.5. The summed E-state index contributed by atoms with van der Waals surface area (Å²) in [6, 6.07) is 0. The molecule has 3 N–H and O–H groups in total. The van der Waals surface area contributed by atoms with E-state index in [1.165, 1.54) is 96.3 Å². The second-order valence-electron chi connectivity index (χ2n) is 21.2. The van der Waals surface area contributed by atoms with Crippen LogP contribution >= 0.6 is 15.6 Å². The van der Waals surface area contributed by atoms with Crippen molar-refractivity contribution >= 4 is 39.5 Å². The first-order valence-corrected chi connectivity index (χ1v) is 33.1. The zero-order valence-corrected chi connectivity index (χ0v) is 50.2. The van der Waals surface area contributed by atoms with Crippen molar-refractivity contribution in [2.45, 2.75) is 297 Å². The van der Waals surface area contributed by atoms with E-state index in [9.17, 15) is 43.2 Å². The molecule has 450 valence electrons. The minimum atomic E-state index is -4.93. The number of carbonyl (C=O) groups excluding carboxylic acids is 4. The van der Waals surface area contributed by atoms with Crippen molar-refractivity contribution in [3.8, 4) is 0 Å². The lowest BCUT2D eigenvalue weighted by atomic mass is 10.0. The Morgan fingerprint density at radius 2 is 0.605 bits per heavy atom. The van der Waals surface area contributed by atoms with Gasteiger partial charge in [-0.15, -0.1) is 0 Å². The first-order chi connectivity index (χ1) is 36.5. The second-order valence-corrected chi connectivity index (χ2v) is 24.1. The van der Waals surface area contributed by atoms with Crippen LogP contribution in [0.25, 0.3) is 0 Å². The topological polar surface area (TPSA) is 237 Å². The van der Waals surface area contributed by atoms with Gasteiger partial charge in [-0.2, -0.15) is 0 Å². The van der Waals surface area contributed by atoms with Gasteiger partial charge in [0.2, 0.25) is 0 Å². The molecule has 0 aromatic rings. The van der Waals surface area contributed by atoms with E-state index in [2.05, 4.69) is 34.6 Å². The number of esters is 4. The summed E-state index contributed by atoms with van der Waals surface area (Å²) in [5.41, 5.74) is 0. The SMILES string of the molecule is CCCCCCCCCCCCCC(=O)OC[C@H](COP(=O)(O)OC[C@@H](O)COP(=O)(O)OC[C@@H](COC(=O)CCCCCCC)OC(=O)CCCCCCCCC(C)C)OC(=O)CCCCCCCCCCCCC. The summed E-state index contributed by atoms with van der Waals surface area (Å²) in [7, 11) is -9.86. The number of phosphoric ester groups is 2. The molecule has 0 spiro atoms. The molecule has 0 saturated heterocycles. The van der Waals surface area contributed by atoms with E-state index in [1.807, 2.05) is 0 Å². The summed E-state index contributed by atoms with van der Waals surface area (Å²) in [5, 5.41) is 10.5. The molecule has 0 rings (SSSR count). The summed E-state index contributed by atoms with van der Waals surface area (Å²) in [6.07, 6.45) is 32.5. The van der Waals surface area contributed by atoms with Crippen molar-refractivity contribution in [2.24, 2.45) is 5.92 Å². The van der Waals surface area contributed by atoms with Crippen molar-refractivity contribution < 1.29 is 80.2 Å². The lowest BCUT2D eigenvalue weighted by Gasteiger charge is -2.21. The van der Waals surface area contributed by atoms with Gasteiger partial charge in [-0.25, -0.2) is 9.13 Å². The van der Waals surface area contributed by atoms with Crippen molar-refractivity contribution in [3.63, 3.8) is 0 Å². The maximum absolute atomic E-state index is 12.9. The second kappa shape index (κ2) is 51.2. The molecule has 0 saturated carbocycles. The number of hydrogen-bond acceptors (Lipinski definition) is 15. The molecule has 2 unspecified atom stereocenters. The molecule has 0 aromatic carbocycles. The minimum absolute atomic E-state index is 0.101. The predicted molar refractivity (Wildman–Crippen MR) is 298 cm³/mol. The van der Waals surface area contributed by atoms with E-state index in [4.69, 9.17) is 37.0 Å². The standard InChI is InChI=1S/C57H110O17P2/c1-6-9-12-15-17-19-21-23-25-31-36-41-55(60)68-47-53(73-56(61)42-37-32-26-24-22-20-18-16-13-10-7-2)49-72-76(65,66)70-45-51(58)44-69-75(63,64)71-48-52(46-67-54(59)40-35-29-14-11-8-3)74-57(62)43-38-33-28-27-30-34-39-50(4)5/h50-53,58H,6-49H2,1-5H3,(H,63,64)(H,65,66)/t51-,52+,53+/m0/s1. The average molecular weight is 1130 g/mol. The summed E-state index contributed by atoms with van der Waals surface area (Å²) >= 11 is 0. The summed E-state index contributed by atoms with van der Waals surface area (Å²) in [4.78, 5) is 71.6. The smallest absolute Gasteiger partial charge is 0.462 e. The Balaban J connectivity index is 5.18. The molecule has 0 fully saturated rings. The monoisotopic (exact) mass is 1130 g/mol. The average Bonchev–Trinajstić information content (AvgIpc) is 3.38. The molecule has 0 aromatic heterocycles. The Morgan fingerprint density at radius 3 is 0.895 bits per heavy atom. The largest absolute Gasteiger partial charge is 0.472 e. The highest BCUT2D eigenvalue weighted by molar-refractivity contribution is 7.47. The van der Waals surface area contributed by atoms with Crippen LogP contribution in [0.2, 0.25) is 0 Å². The minimum Gasteiger partial charge on any atom is -0.462 e. The number of carbonyl (C=O) groups is 4. The van der Waals surface area contributed by atoms with Crippen molar-refractivity contribution in [2.75, 3.05) is 39.6 Å². The fraction of sp³-hybridized carbons (Fsp3) is 0.930. The van der Waals surface area contributed by atoms with Crippen LogP contribution in [0.5, 0.6) is 0 Å². The van der Waals surface area contributed by atoms with E-state index >= 15 is 0 Å². The first-order valence-electron chi connectivity index (χ1n) is 30.1. The lowest BCUT2D eigenvalue weighted by molar-refractivity contribution is -0.161. The summed E-state index contributed by atoms with van der Waals surface area (Å²) in [5.74, 6) is -1.49. The van der Waals surface area contributed by atoms with Gasteiger partial charge in [-0.1, -0.05) is 227 Å². The number of hydrogen-bond donors (Lipinski definition) is 3. The Labute approximate surface area is 460 Å². The number of unbranched alkanes of at least 4 members (excludes halogenated alkanes) is 29. The van der Waals surface area contributed by atoms with E-state index in [1.54, 1.807) is 0 Å².